The monoisotopic (exact) mass is 532 g/mol. The van der Waals surface area contributed by atoms with Gasteiger partial charge in [0.15, 0.2) is 0 Å². The molecule has 0 radical (unpaired) electrons. The Morgan fingerprint density at radius 3 is 1.07 bits per heavy atom. The molecule has 0 heteroatoms. The van der Waals surface area contributed by atoms with Gasteiger partial charge in [0, 0.05) is 16.2 Å². The zero-order valence-electron chi connectivity index (χ0n) is 26.0. The number of terminal acetylenes is 3. The SMILES string of the molecule is C#CC12CC3(C)CC(C)(C1)CC(C14CC5CC(C#C)(C1)CC(C16CC7(C)CC(C)(CC(C#C)(C7)C1)C6)(C5)C4)(C3)C2. The summed E-state index contributed by atoms with van der Waals surface area (Å²) in [5.41, 5.74) is 3.47. The molecular formula is C40H52. The molecule has 0 heterocycles. The second kappa shape index (κ2) is 6.45. The van der Waals surface area contributed by atoms with E-state index in [1.54, 1.807) is 0 Å². The first kappa shape index (κ1) is 25.2. The predicted molar refractivity (Wildman–Crippen MR) is 163 cm³/mol. The molecule has 12 aliphatic rings. The lowest BCUT2D eigenvalue weighted by Crippen LogP contribution is -2.73. The van der Waals surface area contributed by atoms with Crippen LogP contribution in [-0.2, 0) is 0 Å². The normalized spacial score (nSPS) is 67.0. The van der Waals surface area contributed by atoms with Crippen molar-refractivity contribution in [1.29, 1.82) is 0 Å². The zero-order valence-corrected chi connectivity index (χ0v) is 26.0. The van der Waals surface area contributed by atoms with Crippen LogP contribution in [-0.4, -0.2) is 0 Å². The molecule has 0 amide bonds. The predicted octanol–water partition coefficient (Wildman–Crippen LogP) is 9.58. The Bertz CT molecular complexity index is 1240. The molecule has 0 spiro atoms. The largest absolute Gasteiger partial charge is 0.120 e. The van der Waals surface area contributed by atoms with Crippen LogP contribution in [0.2, 0.25) is 0 Å². The van der Waals surface area contributed by atoms with Crippen molar-refractivity contribution in [1.82, 2.24) is 0 Å². The van der Waals surface area contributed by atoms with Gasteiger partial charge in [-0.1, -0.05) is 45.5 Å². The Morgan fingerprint density at radius 2 is 0.725 bits per heavy atom. The van der Waals surface area contributed by atoms with E-state index in [1.807, 2.05) is 0 Å². The van der Waals surface area contributed by atoms with Crippen LogP contribution in [0.1, 0.15) is 143 Å². The van der Waals surface area contributed by atoms with E-state index in [-0.39, 0.29) is 16.2 Å². The summed E-state index contributed by atoms with van der Waals surface area (Å²) in [6.45, 7) is 10.5. The molecule has 0 aliphatic heterocycles. The molecule has 212 valence electrons. The van der Waals surface area contributed by atoms with E-state index in [0.29, 0.717) is 43.3 Å². The van der Waals surface area contributed by atoms with E-state index in [4.69, 9.17) is 19.3 Å². The van der Waals surface area contributed by atoms with Crippen molar-refractivity contribution in [3.05, 3.63) is 0 Å². The van der Waals surface area contributed by atoms with Crippen LogP contribution in [0, 0.1) is 103 Å². The fraction of sp³-hybridized carbons (Fsp3) is 0.850. The third-order valence-electron chi connectivity index (χ3n) is 16.4. The first-order valence-corrected chi connectivity index (χ1v) is 17.0. The lowest BCUT2D eigenvalue weighted by atomic mass is 9.22. The lowest BCUT2D eigenvalue weighted by molar-refractivity contribution is -0.312. The molecule has 12 rings (SSSR count). The van der Waals surface area contributed by atoms with E-state index in [1.165, 1.54) is 116 Å². The molecule has 0 aromatic rings. The summed E-state index contributed by atoms with van der Waals surface area (Å²) in [6, 6.07) is 0. The highest BCUT2D eigenvalue weighted by Crippen LogP contribution is 2.88. The molecule has 0 saturated heterocycles. The summed E-state index contributed by atoms with van der Waals surface area (Å²) >= 11 is 0. The van der Waals surface area contributed by atoms with Crippen molar-refractivity contribution in [2.45, 2.75) is 143 Å². The molecule has 12 aliphatic carbocycles. The molecule has 6 unspecified atom stereocenters. The molecule has 12 fully saturated rings. The minimum atomic E-state index is 0.0995. The van der Waals surface area contributed by atoms with E-state index >= 15 is 0 Å². The maximum atomic E-state index is 6.72. The summed E-state index contributed by atoms with van der Waals surface area (Å²) < 4.78 is 0. The first-order valence-electron chi connectivity index (χ1n) is 17.0. The highest BCUT2D eigenvalue weighted by molar-refractivity contribution is 5.34. The third kappa shape index (κ3) is 2.73. The van der Waals surface area contributed by atoms with Gasteiger partial charge in [0.25, 0.3) is 0 Å². The Balaban J connectivity index is 1.23. The van der Waals surface area contributed by atoms with Gasteiger partial charge in [-0.15, -0.1) is 19.3 Å². The molecular weight excluding hydrogens is 480 g/mol. The fourth-order valence-electron chi connectivity index (χ4n) is 18.6. The van der Waals surface area contributed by atoms with E-state index in [0.717, 1.165) is 5.92 Å². The quantitative estimate of drug-likeness (QED) is 0.311. The van der Waals surface area contributed by atoms with Crippen LogP contribution in [0.4, 0.5) is 0 Å². The van der Waals surface area contributed by atoms with E-state index in [9.17, 15) is 0 Å². The van der Waals surface area contributed by atoms with Crippen LogP contribution in [0.5, 0.6) is 0 Å². The Kier molecular flexibility index (Phi) is 4.06. The Labute approximate surface area is 245 Å². The van der Waals surface area contributed by atoms with Gasteiger partial charge in [0.05, 0.1) is 0 Å². The van der Waals surface area contributed by atoms with Gasteiger partial charge >= 0.3 is 0 Å². The molecule has 0 nitrogen and oxygen atoms in total. The molecule has 12 saturated carbocycles. The maximum Gasteiger partial charge on any atom is 0.0328 e. The van der Waals surface area contributed by atoms with Gasteiger partial charge in [-0.25, -0.2) is 0 Å². The lowest BCUT2D eigenvalue weighted by Gasteiger charge is -2.81. The summed E-state index contributed by atoms with van der Waals surface area (Å²) in [5, 5.41) is 0. The fourth-order valence-corrected chi connectivity index (χ4v) is 18.6. The average molecular weight is 533 g/mol. The second-order valence-corrected chi connectivity index (χ2v) is 20.8. The zero-order chi connectivity index (χ0) is 27.9. The van der Waals surface area contributed by atoms with E-state index < -0.39 is 0 Å². The average Bonchev–Trinajstić information content (AvgIpc) is 2.79. The van der Waals surface area contributed by atoms with Gasteiger partial charge in [-0.05, 0) is 165 Å². The minimum absolute atomic E-state index is 0.0995. The Hall–Kier alpha value is -1.32. The van der Waals surface area contributed by atoms with Crippen molar-refractivity contribution < 1.29 is 0 Å². The van der Waals surface area contributed by atoms with Crippen molar-refractivity contribution in [2.24, 2.45) is 65.5 Å². The van der Waals surface area contributed by atoms with Gasteiger partial charge in [-0.2, -0.15) is 0 Å². The van der Waals surface area contributed by atoms with Crippen LogP contribution < -0.4 is 0 Å². The first-order chi connectivity index (χ1) is 18.6. The number of hydrogen-bond donors (Lipinski definition) is 0. The topological polar surface area (TPSA) is 0 Å². The second-order valence-electron chi connectivity index (χ2n) is 20.8. The van der Waals surface area contributed by atoms with Crippen LogP contribution in [0.25, 0.3) is 0 Å². The van der Waals surface area contributed by atoms with Gasteiger partial charge in [0.1, 0.15) is 0 Å². The van der Waals surface area contributed by atoms with Gasteiger partial charge in [0.2, 0.25) is 0 Å². The van der Waals surface area contributed by atoms with Crippen LogP contribution in [0.15, 0.2) is 0 Å². The molecule has 12 bridgehead atoms. The summed E-state index contributed by atoms with van der Waals surface area (Å²) in [7, 11) is 0. The van der Waals surface area contributed by atoms with Crippen molar-refractivity contribution in [2.75, 3.05) is 0 Å². The molecule has 0 N–H and O–H groups in total. The van der Waals surface area contributed by atoms with Crippen LogP contribution >= 0.6 is 0 Å². The van der Waals surface area contributed by atoms with Crippen molar-refractivity contribution in [3.63, 3.8) is 0 Å². The molecule has 40 heavy (non-hydrogen) atoms. The van der Waals surface area contributed by atoms with E-state index in [2.05, 4.69) is 45.5 Å². The third-order valence-corrected chi connectivity index (χ3v) is 16.4. The standard InChI is InChI=1S/C40H52/c1-8-34-11-29-12-37(24-34,39-20-30(4)14-31(5,21-39)17-35(9-2,16-30)26-39)28-38(13-29,25-34)40-22-32(6)15-33(7,23-40)19-36(10-3,18-32)27-40/h1-3,29H,11-28H2,4-7H3. The highest BCUT2D eigenvalue weighted by atomic mass is 14.8. The summed E-state index contributed by atoms with van der Waals surface area (Å²) in [5.74, 6) is 11.5. The summed E-state index contributed by atoms with van der Waals surface area (Å²) in [4.78, 5) is 0. The van der Waals surface area contributed by atoms with Crippen molar-refractivity contribution in [3.8, 4) is 37.0 Å². The van der Waals surface area contributed by atoms with Gasteiger partial charge < -0.3 is 0 Å². The molecule has 0 aromatic heterocycles. The number of rotatable bonds is 2. The molecule has 6 atom stereocenters. The Morgan fingerprint density at radius 1 is 0.375 bits per heavy atom. The highest BCUT2D eigenvalue weighted by Gasteiger charge is 2.79. The number of hydrogen-bond acceptors (Lipinski definition) is 0. The molecule has 0 aromatic carbocycles. The van der Waals surface area contributed by atoms with Gasteiger partial charge in [-0.3, -0.25) is 0 Å². The smallest absolute Gasteiger partial charge is 0.0328 e. The minimum Gasteiger partial charge on any atom is -0.120 e. The van der Waals surface area contributed by atoms with Crippen LogP contribution in [0.3, 0.4) is 0 Å². The maximum absolute atomic E-state index is 6.72. The van der Waals surface area contributed by atoms with Crippen molar-refractivity contribution >= 4 is 0 Å². The summed E-state index contributed by atoms with van der Waals surface area (Å²) in [6.07, 6.45) is 44.1.